The Morgan fingerprint density at radius 3 is 2.11 bits per heavy atom. The summed E-state index contributed by atoms with van der Waals surface area (Å²) in [5.41, 5.74) is -0.251. The number of likely N-dealkylation sites (N-methyl/N-ethyl adjacent to an activating group) is 2. The van der Waals surface area contributed by atoms with Crippen molar-refractivity contribution in [1.82, 2.24) is 15.1 Å². The van der Waals surface area contributed by atoms with Crippen LogP contribution in [0.15, 0.2) is 0 Å². The Hall–Kier alpha value is -1.88. The Morgan fingerprint density at radius 2 is 1.74 bits per heavy atom. The van der Waals surface area contributed by atoms with Gasteiger partial charge in [0, 0.05) is 19.5 Å². The van der Waals surface area contributed by atoms with Crippen molar-refractivity contribution in [3.63, 3.8) is 0 Å². The van der Waals surface area contributed by atoms with E-state index in [4.69, 9.17) is 14.6 Å². The lowest BCUT2D eigenvalue weighted by Gasteiger charge is -2.55. The number of likely N-dealkylation sites (tertiary alicyclic amines) is 1. The molecule has 0 bridgehead atoms. The predicted molar refractivity (Wildman–Crippen MR) is 86.8 cm³/mol. The van der Waals surface area contributed by atoms with Crippen molar-refractivity contribution in [2.75, 3.05) is 40.3 Å². The fourth-order valence-corrected chi connectivity index (χ4v) is 3.35. The number of halogens is 3. The number of morpholine rings is 1. The van der Waals surface area contributed by atoms with E-state index in [-0.39, 0.29) is 23.5 Å². The van der Waals surface area contributed by atoms with Crippen LogP contribution >= 0.6 is 0 Å². The molecule has 2 amide bonds. The number of rotatable bonds is 2. The number of carbonyl (C=O) groups is 3. The minimum atomic E-state index is -5.08. The zero-order valence-electron chi connectivity index (χ0n) is 15.2. The van der Waals surface area contributed by atoms with Crippen LogP contribution in [0.3, 0.4) is 0 Å². The van der Waals surface area contributed by atoms with E-state index in [9.17, 15) is 22.8 Å². The summed E-state index contributed by atoms with van der Waals surface area (Å²) in [6, 6.07) is -0.220. The summed E-state index contributed by atoms with van der Waals surface area (Å²) in [5, 5.41) is 9.79. The van der Waals surface area contributed by atoms with Crippen LogP contribution in [0.25, 0.3) is 0 Å². The third-order valence-corrected chi connectivity index (χ3v) is 5.13. The Labute approximate surface area is 154 Å². The SMILES string of the molecule is CNC(=O)C1COC2(CN(C(=O)C3CCC3)C2)CN1C.O=C(O)C(F)(F)F. The highest BCUT2D eigenvalue weighted by molar-refractivity contribution is 5.82. The molecule has 1 spiro atoms. The van der Waals surface area contributed by atoms with Crippen molar-refractivity contribution in [3.8, 4) is 0 Å². The smallest absolute Gasteiger partial charge is 0.475 e. The van der Waals surface area contributed by atoms with Crippen LogP contribution in [0, 0.1) is 5.92 Å². The van der Waals surface area contributed by atoms with Crippen molar-refractivity contribution in [2.24, 2.45) is 5.92 Å². The molecule has 2 aliphatic heterocycles. The summed E-state index contributed by atoms with van der Waals surface area (Å²) >= 11 is 0. The highest BCUT2D eigenvalue weighted by Crippen LogP contribution is 2.35. The number of carbonyl (C=O) groups excluding carboxylic acids is 2. The first kappa shape index (κ1) is 21.4. The number of hydrogen-bond acceptors (Lipinski definition) is 5. The van der Waals surface area contributed by atoms with Crippen LogP contribution in [-0.2, 0) is 19.1 Å². The molecule has 1 saturated carbocycles. The summed E-state index contributed by atoms with van der Waals surface area (Å²) in [5.74, 6) is -2.22. The van der Waals surface area contributed by atoms with E-state index in [1.807, 2.05) is 16.8 Å². The standard InChI is InChI=1S/C14H23N3O3.C2HF3O2/c1-15-12(18)11-6-20-14(7-16(11)2)8-17(9-14)13(19)10-4-3-5-10;3-2(4,5)1(6)7/h10-11H,3-9H2,1-2H3,(H,15,18);(H,6,7). The fourth-order valence-electron chi connectivity index (χ4n) is 3.35. The van der Waals surface area contributed by atoms with Crippen LogP contribution in [0.2, 0.25) is 0 Å². The molecule has 0 aromatic heterocycles. The average Bonchev–Trinajstić information content (AvgIpc) is 2.49. The van der Waals surface area contributed by atoms with Gasteiger partial charge < -0.3 is 20.1 Å². The fraction of sp³-hybridized carbons (Fsp3) is 0.812. The number of amides is 2. The minimum absolute atomic E-state index is 0.0101. The first-order chi connectivity index (χ1) is 12.5. The van der Waals surface area contributed by atoms with E-state index in [0.29, 0.717) is 32.1 Å². The number of nitrogens with zero attached hydrogens (tertiary/aromatic N) is 2. The molecular weight excluding hydrogens is 371 g/mol. The maximum Gasteiger partial charge on any atom is 0.490 e. The first-order valence-corrected chi connectivity index (χ1v) is 8.64. The lowest BCUT2D eigenvalue weighted by Crippen LogP contribution is -2.73. The third-order valence-electron chi connectivity index (χ3n) is 5.13. The quantitative estimate of drug-likeness (QED) is 0.687. The molecule has 1 atom stereocenters. The molecule has 0 aromatic rings. The van der Waals surface area contributed by atoms with Gasteiger partial charge in [0.25, 0.3) is 0 Å². The number of alkyl halides is 3. The number of carboxylic acids is 1. The molecule has 0 aromatic carbocycles. The molecule has 11 heteroatoms. The number of ether oxygens (including phenoxy) is 1. The Bertz CT molecular complexity index is 588. The molecule has 1 aliphatic carbocycles. The first-order valence-electron chi connectivity index (χ1n) is 8.64. The van der Waals surface area contributed by atoms with Gasteiger partial charge in [-0.3, -0.25) is 14.5 Å². The van der Waals surface area contributed by atoms with Gasteiger partial charge in [0.05, 0.1) is 19.7 Å². The van der Waals surface area contributed by atoms with Crippen molar-refractivity contribution in [2.45, 2.75) is 37.1 Å². The predicted octanol–water partition coefficient (Wildman–Crippen LogP) is 0.0774. The van der Waals surface area contributed by atoms with Gasteiger partial charge >= 0.3 is 12.1 Å². The topological polar surface area (TPSA) is 99.2 Å². The summed E-state index contributed by atoms with van der Waals surface area (Å²) in [7, 11) is 3.59. The third kappa shape index (κ3) is 4.89. The molecule has 0 radical (unpaired) electrons. The Morgan fingerprint density at radius 1 is 1.19 bits per heavy atom. The van der Waals surface area contributed by atoms with E-state index >= 15 is 0 Å². The Balaban J connectivity index is 0.000000321. The molecule has 154 valence electrons. The zero-order valence-corrected chi connectivity index (χ0v) is 15.2. The van der Waals surface area contributed by atoms with E-state index < -0.39 is 12.1 Å². The number of hydrogen-bond donors (Lipinski definition) is 2. The van der Waals surface area contributed by atoms with E-state index in [0.717, 1.165) is 12.8 Å². The number of aliphatic carboxylic acids is 1. The van der Waals surface area contributed by atoms with Gasteiger partial charge in [0.1, 0.15) is 11.6 Å². The van der Waals surface area contributed by atoms with Gasteiger partial charge in [-0.1, -0.05) is 6.42 Å². The van der Waals surface area contributed by atoms with E-state index in [1.54, 1.807) is 7.05 Å². The molecule has 3 fully saturated rings. The normalized spacial score (nSPS) is 24.9. The molecule has 8 nitrogen and oxygen atoms in total. The van der Waals surface area contributed by atoms with Crippen molar-refractivity contribution < 1.29 is 37.4 Å². The molecule has 2 N–H and O–H groups in total. The van der Waals surface area contributed by atoms with Crippen LogP contribution < -0.4 is 5.32 Å². The average molecular weight is 395 g/mol. The highest BCUT2D eigenvalue weighted by atomic mass is 19.4. The lowest BCUT2D eigenvalue weighted by atomic mass is 9.81. The van der Waals surface area contributed by atoms with E-state index in [2.05, 4.69) is 5.32 Å². The zero-order chi connectivity index (χ0) is 20.4. The van der Waals surface area contributed by atoms with Crippen LogP contribution in [0.4, 0.5) is 13.2 Å². The number of carboxylic acid groups (broad SMARTS) is 1. The minimum Gasteiger partial charge on any atom is -0.475 e. The van der Waals surface area contributed by atoms with Gasteiger partial charge in [-0.2, -0.15) is 13.2 Å². The van der Waals surface area contributed by atoms with Crippen molar-refractivity contribution in [3.05, 3.63) is 0 Å². The second kappa shape index (κ2) is 8.01. The molecule has 3 rings (SSSR count). The maximum atomic E-state index is 12.1. The molecule has 1 unspecified atom stereocenters. The van der Waals surface area contributed by atoms with Gasteiger partial charge in [0.15, 0.2) is 0 Å². The highest BCUT2D eigenvalue weighted by Gasteiger charge is 2.52. The Kier molecular flexibility index (Phi) is 6.35. The molecule has 3 aliphatic rings. The summed E-state index contributed by atoms with van der Waals surface area (Å²) < 4.78 is 37.7. The monoisotopic (exact) mass is 395 g/mol. The summed E-state index contributed by atoms with van der Waals surface area (Å²) in [4.78, 5) is 36.7. The van der Waals surface area contributed by atoms with E-state index in [1.165, 1.54) is 6.42 Å². The maximum absolute atomic E-state index is 12.1. The van der Waals surface area contributed by atoms with Crippen LogP contribution in [0.5, 0.6) is 0 Å². The molecular formula is C16H24F3N3O5. The van der Waals surface area contributed by atoms with Gasteiger partial charge in [-0.05, 0) is 19.9 Å². The molecule has 27 heavy (non-hydrogen) atoms. The van der Waals surface area contributed by atoms with Crippen molar-refractivity contribution >= 4 is 17.8 Å². The second-order valence-corrected chi connectivity index (χ2v) is 7.16. The largest absolute Gasteiger partial charge is 0.490 e. The number of nitrogens with one attached hydrogen (secondary N) is 1. The lowest BCUT2D eigenvalue weighted by molar-refractivity contribution is -0.203. The summed E-state index contributed by atoms with van der Waals surface area (Å²) in [6.45, 7) is 2.46. The van der Waals surface area contributed by atoms with Gasteiger partial charge in [-0.15, -0.1) is 0 Å². The van der Waals surface area contributed by atoms with Gasteiger partial charge in [0.2, 0.25) is 11.8 Å². The summed E-state index contributed by atoms with van der Waals surface area (Å²) in [6.07, 6.45) is -1.81. The van der Waals surface area contributed by atoms with Gasteiger partial charge in [-0.25, -0.2) is 4.79 Å². The van der Waals surface area contributed by atoms with Crippen LogP contribution in [0.1, 0.15) is 19.3 Å². The second-order valence-electron chi connectivity index (χ2n) is 7.16. The molecule has 2 heterocycles. The van der Waals surface area contributed by atoms with Crippen molar-refractivity contribution in [1.29, 1.82) is 0 Å². The molecule has 2 saturated heterocycles. The van der Waals surface area contributed by atoms with Crippen LogP contribution in [-0.4, -0.2) is 90.8 Å².